The summed E-state index contributed by atoms with van der Waals surface area (Å²) in [5, 5.41) is 0. The van der Waals surface area contributed by atoms with Crippen LogP contribution in [0.3, 0.4) is 0 Å². The molecule has 0 heterocycles. The molecular formula is C20H23FN2OS. The predicted octanol–water partition coefficient (Wildman–Crippen LogP) is 5.03. The number of hydrogen-bond acceptors (Lipinski definition) is 3. The Labute approximate surface area is 153 Å². The minimum atomic E-state index is -0.271. The van der Waals surface area contributed by atoms with E-state index in [1.54, 1.807) is 18.5 Å². The topological polar surface area (TPSA) is 32.7 Å². The second-order valence-electron chi connectivity index (χ2n) is 5.94. The van der Waals surface area contributed by atoms with Gasteiger partial charge >= 0.3 is 0 Å². The van der Waals surface area contributed by atoms with E-state index in [0.717, 1.165) is 33.8 Å². The van der Waals surface area contributed by atoms with Crippen molar-refractivity contribution in [2.24, 2.45) is 4.99 Å². The van der Waals surface area contributed by atoms with Crippen LogP contribution in [0.1, 0.15) is 28.4 Å². The number of carbonyl (C=O) groups excluding carboxylic acids is 1. The van der Waals surface area contributed by atoms with E-state index < -0.39 is 0 Å². The number of aliphatic imine (C=N–C) groups is 1. The molecule has 5 heteroatoms. The molecule has 0 amide bonds. The molecule has 0 fully saturated rings. The first kappa shape index (κ1) is 19.2. The molecule has 0 N–H and O–H groups in total. The fourth-order valence-corrected chi connectivity index (χ4v) is 3.02. The van der Waals surface area contributed by atoms with Crippen LogP contribution >= 0.6 is 11.8 Å². The number of Topliss-reactive ketones (excluding diaryl/α,β-unsaturated/α-hetero) is 1. The van der Waals surface area contributed by atoms with E-state index in [0.29, 0.717) is 5.75 Å². The molecular weight excluding hydrogens is 335 g/mol. The third-order valence-electron chi connectivity index (χ3n) is 3.92. The Hall–Kier alpha value is -2.14. The van der Waals surface area contributed by atoms with Gasteiger partial charge in [-0.3, -0.25) is 4.79 Å². The van der Waals surface area contributed by atoms with Crippen molar-refractivity contribution in [1.82, 2.24) is 4.90 Å². The third kappa shape index (κ3) is 5.43. The molecule has 3 nitrogen and oxygen atoms in total. The molecule has 0 radical (unpaired) electrons. The summed E-state index contributed by atoms with van der Waals surface area (Å²) in [6, 6.07) is 10.0. The molecule has 2 rings (SSSR count). The van der Waals surface area contributed by atoms with Crippen LogP contribution in [-0.2, 0) is 0 Å². The maximum Gasteiger partial charge on any atom is 0.173 e. The molecule has 132 valence electrons. The summed E-state index contributed by atoms with van der Waals surface area (Å²) >= 11 is 1.42. The molecule has 0 saturated carbocycles. The lowest BCUT2D eigenvalue weighted by Gasteiger charge is -2.11. The molecule has 25 heavy (non-hydrogen) atoms. The summed E-state index contributed by atoms with van der Waals surface area (Å²) < 4.78 is 12.9. The quantitative estimate of drug-likeness (QED) is 0.301. The van der Waals surface area contributed by atoms with Crippen molar-refractivity contribution in [2.75, 3.05) is 19.3 Å². The fraction of sp³-hybridized carbons (Fsp3) is 0.300. The van der Waals surface area contributed by atoms with Gasteiger partial charge in [0, 0.05) is 24.1 Å². The highest BCUT2D eigenvalue weighted by Gasteiger charge is 2.12. The van der Waals surface area contributed by atoms with E-state index in [4.69, 9.17) is 0 Å². The molecule has 0 aromatic heterocycles. The van der Waals surface area contributed by atoms with Crippen LogP contribution in [0.4, 0.5) is 10.1 Å². The van der Waals surface area contributed by atoms with Gasteiger partial charge in [0.25, 0.3) is 0 Å². The second-order valence-corrected chi connectivity index (χ2v) is 6.99. The Bertz CT molecular complexity index is 772. The first-order valence-corrected chi connectivity index (χ1v) is 9.16. The number of nitrogens with zero attached hydrogens (tertiary/aromatic N) is 2. The van der Waals surface area contributed by atoms with Gasteiger partial charge in [0.05, 0.1) is 17.8 Å². The van der Waals surface area contributed by atoms with Crippen LogP contribution in [0.2, 0.25) is 0 Å². The Balaban J connectivity index is 2.10. The number of thioether (sulfide) groups is 1. The molecule has 0 spiro atoms. The lowest BCUT2D eigenvalue weighted by Crippen LogP contribution is -2.14. The van der Waals surface area contributed by atoms with Gasteiger partial charge in [0.15, 0.2) is 5.78 Å². The fourth-order valence-electron chi connectivity index (χ4n) is 2.24. The van der Waals surface area contributed by atoms with Gasteiger partial charge in [0.1, 0.15) is 5.82 Å². The average molecular weight is 358 g/mol. The number of ketones is 1. The summed E-state index contributed by atoms with van der Waals surface area (Å²) in [6.07, 6.45) is 1.80. The first-order valence-electron chi connectivity index (χ1n) is 8.18. The zero-order valence-electron chi connectivity index (χ0n) is 15.0. The summed E-state index contributed by atoms with van der Waals surface area (Å²) in [6.45, 7) is 6.84. The van der Waals surface area contributed by atoms with Crippen molar-refractivity contribution in [2.45, 2.75) is 25.7 Å². The Kier molecular flexibility index (Phi) is 6.76. The molecule has 2 aromatic carbocycles. The van der Waals surface area contributed by atoms with Crippen LogP contribution < -0.4 is 0 Å². The number of carbonyl (C=O) groups is 1. The zero-order chi connectivity index (χ0) is 18.4. The molecule has 0 bridgehead atoms. The van der Waals surface area contributed by atoms with Gasteiger partial charge < -0.3 is 4.90 Å². The summed E-state index contributed by atoms with van der Waals surface area (Å²) in [4.78, 5) is 19.9. The lowest BCUT2D eigenvalue weighted by molar-refractivity contribution is 0.102. The van der Waals surface area contributed by atoms with Crippen LogP contribution in [0.25, 0.3) is 0 Å². The van der Waals surface area contributed by atoms with Crippen molar-refractivity contribution in [3.05, 3.63) is 58.9 Å². The monoisotopic (exact) mass is 358 g/mol. The minimum Gasteiger partial charge on any atom is -0.366 e. The van der Waals surface area contributed by atoms with Gasteiger partial charge in [-0.15, -0.1) is 11.8 Å². The molecule has 0 saturated heterocycles. The number of halogens is 1. The maximum atomic E-state index is 12.9. The lowest BCUT2D eigenvalue weighted by atomic mass is 10.0. The summed E-state index contributed by atoms with van der Waals surface area (Å²) in [5.74, 6) is 0.121. The van der Waals surface area contributed by atoms with E-state index in [1.807, 2.05) is 37.9 Å². The largest absolute Gasteiger partial charge is 0.366 e. The average Bonchev–Trinajstić information content (AvgIpc) is 2.61. The van der Waals surface area contributed by atoms with E-state index in [9.17, 15) is 9.18 Å². The molecule has 0 aliphatic rings. The minimum absolute atomic E-state index is 0.0659. The van der Waals surface area contributed by atoms with Crippen molar-refractivity contribution in [3.8, 4) is 0 Å². The normalized spacial score (nSPS) is 11.1. The van der Waals surface area contributed by atoms with E-state index in [2.05, 4.69) is 11.9 Å². The van der Waals surface area contributed by atoms with E-state index >= 15 is 0 Å². The molecule has 0 unspecified atom stereocenters. The SMILES string of the molecule is CCN(C)C=Nc1cc(C)c(C(=O)CSc2ccc(F)cc2)cc1C. The summed E-state index contributed by atoms with van der Waals surface area (Å²) in [5.41, 5.74) is 3.48. The standard InChI is InChI=1S/C20H23FN2OS/c1-5-23(4)13-22-19-11-14(2)18(10-15(19)3)20(24)12-25-17-8-6-16(21)7-9-17/h6-11,13H,5,12H2,1-4H3. The number of benzene rings is 2. The third-order valence-corrected chi connectivity index (χ3v) is 4.93. The first-order chi connectivity index (χ1) is 11.9. The van der Waals surface area contributed by atoms with Crippen molar-refractivity contribution in [3.63, 3.8) is 0 Å². The Morgan fingerprint density at radius 3 is 2.52 bits per heavy atom. The Morgan fingerprint density at radius 1 is 1.20 bits per heavy atom. The number of rotatable bonds is 7. The van der Waals surface area contributed by atoms with Crippen LogP contribution in [-0.4, -0.2) is 36.4 Å². The van der Waals surface area contributed by atoms with E-state index in [-0.39, 0.29) is 11.6 Å². The van der Waals surface area contributed by atoms with Gasteiger partial charge in [-0.2, -0.15) is 0 Å². The molecule has 0 aliphatic heterocycles. The highest BCUT2D eigenvalue weighted by Crippen LogP contribution is 2.26. The zero-order valence-corrected chi connectivity index (χ0v) is 15.9. The van der Waals surface area contributed by atoms with Gasteiger partial charge in [-0.1, -0.05) is 0 Å². The predicted molar refractivity (Wildman–Crippen MR) is 104 cm³/mol. The highest BCUT2D eigenvalue weighted by molar-refractivity contribution is 8.00. The molecule has 0 aliphatic carbocycles. The second kappa shape index (κ2) is 8.81. The van der Waals surface area contributed by atoms with Gasteiger partial charge in [-0.25, -0.2) is 9.38 Å². The van der Waals surface area contributed by atoms with Crippen LogP contribution in [0, 0.1) is 19.7 Å². The smallest absolute Gasteiger partial charge is 0.173 e. The van der Waals surface area contributed by atoms with Crippen molar-refractivity contribution in [1.29, 1.82) is 0 Å². The van der Waals surface area contributed by atoms with Gasteiger partial charge in [0.2, 0.25) is 0 Å². The van der Waals surface area contributed by atoms with Crippen molar-refractivity contribution < 1.29 is 9.18 Å². The van der Waals surface area contributed by atoms with Gasteiger partial charge in [-0.05, 0) is 68.3 Å². The highest BCUT2D eigenvalue weighted by atomic mass is 32.2. The van der Waals surface area contributed by atoms with E-state index in [1.165, 1.54) is 23.9 Å². The number of hydrogen-bond donors (Lipinski definition) is 0. The van der Waals surface area contributed by atoms with Crippen LogP contribution in [0.15, 0.2) is 46.3 Å². The maximum absolute atomic E-state index is 12.9. The van der Waals surface area contributed by atoms with Crippen LogP contribution in [0.5, 0.6) is 0 Å². The number of aryl methyl sites for hydroxylation is 2. The van der Waals surface area contributed by atoms with Crippen molar-refractivity contribution >= 4 is 29.6 Å². The summed E-state index contributed by atoms with van der Waals surface area (Å²) in [7, 11) is 1.97. The molecule has 2 aromatic rings. The Morgan fingerprint density at radius 2 is 1.88 bits per heavy atom. The molecule has 0 atom stereocenters.